The van der Waals surface area contributed by atoms with Crippen molar-refractivity contribution in [1.82, 2.24) is 0 Å². The zero-order valence-electron chi connectivity index (χ0n) is 9.33. The smallest absolute Gasteiger partial charge is 0.0992 e. The molecular weight excluding hydrogens is 296 g/mol. The van der Waals surface area contributed by atoms with Crippen LogP contribution >= 0.6 is 46.2 Å². The monoisotopic (exact) mass is 305 g/mol. The Kier molecular flexibility index (Phi) is 2.84. The van der Waals surface area contributed by atoms with Gasteiger partial charge in [0.25, 0.3) is 4.19 Å². The summed E-state index contributed by atoms with van der Waals surface area (Å²) in [6.07, 6.45) is 0. The number of rotatable bonds is 1. The second-order valence-corrected chi connectivity index (χ2v) is 9.00. The first-order valence-corrected chi connectivity index (χ1v) is 9.03. The van der Waals surface area contributed by atoms with E-state index in [1.165, 1.54) is 23.4 Å². The maximum absolute atomic E-state index is 2.23. The molecule has 0 N–H and O–H groups in total. The molecule has 0 nitrogen and oxygen atoms in total. The predicted octanol–water partition coefficient (Wildman–Crippen LogP) is 6.14. The molecule has 0 radical (unpaired) electrons. The molecule has 4 rings (SSSR count). The van der Waals surface area contributed by atoms with Crippen molar-refractivity contribution in [3.05, 3.63) is 52.7 Å². The maximum Gasteiger partial charge on any atom is 0.279 e. The third-order valence-electron chi connectivity index (χ3n) is 2.78. The summed E-state index contributed by atoms with van der Waals surface area (Å²) < 4.78 is 4.89. The van der Waals surface area contributed by atoms with E-state index in [4.69, 9.17) is 0 Å². The van der Waals surface area contributed by atoms with Gasteiger partial charge in [0.05, 0.1) is 22.7 Å². The zero-order valence-corrected chi connectivity index (χ0v) is 12.6. The Morgan fingerprint density at radius 1 is 0.833 bits per heavy atom. The van der Waals surface area contributed by atoms with Crippen LogP contribution < -0.4 is 0 Å². The summed E-state index contributed by atoms with van der Waals surface area (Å²) >= 11 is 7.86. The molecule has 0 amide bonds. The average molecular weight is 305 g/mol. The maximum atomic E-state index is 2.23. The van der Waals surface area contributed by atoms with E-state index in [9.17, 15) is 0 Å². The van der Waals surface area contributed by atoms with Crippen molar-refractivity contribution < 1.29 is 0 Å². The van der Waals surface area contributed by atoms with Gasteiger partial charge in [0.2, 0.25) is 0 Å². The molecule has 1 aliphatic heterocycles. The van der Waals surface area contributed by atoms with E-state index in [0.29, 0.717) is 4.58 Å². The standard InChI is InChI=1S/C14H9S4/c1-2-6-10-9(5-1)15-13(16-10)14-17-11-7-3-4-8-12(11)18-14/h1-8,13H/q+1. The Bertz CT molecular complexity index is 658. The zero-order chi connectivity index (χ0) is 11.9. The molecule has 4 heteroatoms. The minimum atomic E-state index is 0.546. The van der Waals surface area contributed by atoms with Gasteiger partial charge in [0, 0.05) is 9.79 Å². The molecule has 1 aromatic heterocycles. The molecule has 18 heavy (non-hydrogen) atoms. The first-order chi connectivity index (χ1) is 8.90. The number of hydrogen-bond acceptors (Lipinski definition) is 3. The highest BCUT2D eigenvalue weighted by atomic mass is 32.2. The van der Waals surface area contributed by atoms with E-state index in [1.54, 1.807) is 0 Å². The summed E-state index contributed by atoms with van der Waals surface area (Å²) in [6, 6.07) is 17.4. The number of hydrogen-bond donors (Lipinski definition) is 0. The largest absolute Gasteiger partial charge is 0.279 e. The molecule has 3 aromatic rings. The lowest BCUT2D eigenvalue weighted by Crippen LogP contribution is -1.73. The van der Waals surface area contributed by atoms with Gasteiger partial charge in [0.1, 0.15) is 4.58 Å². The van der Waals surface area contributed by atoms with Crippen LogP contribution in [0.15, 0.2) is 58.3 Å². The molecule has 2 aromatic carbocycles. The number of benzene rings is 2. The van der Waals surface area contributed by atoms with Gasteiger partial charge in [-0.25, -0.2) is 0 Å². The Hall–Kier alpha value is -0.550. The van der Waals surface area contributed by atoms with Gasteiger partial charge < -0.3 is 0 Å². The third kappa shape index (κ3) is 1.88. The van der Waals surface area contributed by atoms with E-state index in [-0.39, 0.29) is 0 Å². The summed E-state index contributed by atoms with van der Waals surface area (Å²) in [4.78, 5) is 2.86. The molecule has 0 unspecified atom stereocenters. The summed E-state index contributed by atoms with van der Waals surface area (Å²) in [7, 11) is 0. The highest BCUT2D eigenvalue weighted by Crippen LogP contribution is 2.59. The van der Waals surface area contributed by atoms with Crippen molar-refractivity contribution >= 4 is 55.6 Å². The van der Waals surface area contributed by atoms with Gasteiger partial charge in [-0.1, -0.05) is 47.8 Å². The lowest BCUT2D eigenvalue weighted by atomic mass is 10.4. The summed E-state index contributed by atoms with van der Waals surface area (Å²) in [5.41, 5.74) is 0. The minimum absolute atomic E-state index is 0.546. The average Bonchev–Trinajstić information content (AvgIpc) is 3.02. The van der Waals surface area contributed by atoms with E-state index >= 15 is 0 Å². The van der Waals surface area contributed by atoms with Gasteiger partial charge in [-0.05, 0) is 24.3 Å². The normalized spacial score (nSPS) is 15.1. The fourth-order valence-electron chi connectivity index (χ4n) is 1.95. The first-order valence-electron chi connectivity index (χ1n) is 5.64. The molecule has 0 saturated carbocycles. The Labute approximate surface area is 122 Å². The summed E-state index contributed by atoms with van der Waals surface area (Å²) in [5, 5.41) is 0. The lowest BCUT2D eigenvalue weighted by molar-refractivity contribution is 1.27. The van der Waals surface area contributed by atoms with Crippen molar-refractivity contribution in [2.45, 2.75) is 14.4 Å². The van der Waals surface area contributed by atoms with Crippen LogP contribution in [0.25, 0.3) is 9.40 Å². The highest BCUT2D eigenvalue weighted by molar-refractivity contribution is 8.19. The van der Waals surface area contributed by atoms with Crippen molar-refractivity contribution in [2.24, 2.45) is 0 Å². The number of thioether (sulfide) groups is 2. The van der Waals surface area contributed by atoms with E-state index < -0.39 is 0 Å². The van der Waals surface area contributed by atoms with Crippen LogP contribution in [0.3, 0.4) is 0 Å². The minimum Gasteiger partial charge on any atom is -0.0992 e. The van der Waals surface area contributed by atoms with Crippen molar-refractivity contribution in [1.29, 1.82) is 0 Å². The Balaban J connectivity index is 1.73. The predicted molar refractivity (Wildman–Crippen MR) is 85.0 cm³/mol. The van der Waals surface area contributed by atoms with Gasteiger partial charge >= 0.3 is 0 Å². The van der Waals surface area contributed by atoms with Crippen LogP contribution in [0.4, 0.5) is 0 Å². The molecule has 1 aliphatic rings. The fraction of sp³-hybridized carbons (Fsp3) is 0.0714. The molecule has 0 saturated heterocycles. The van der Waals surface area contributed by atoms with Crippen LogP contribution in [0.2, 0.25) is 0 Å². The SMILES string of the molecule is c1ccc2c(c1)SC(c1sc3ccccc3[s+]1)S2. The molecule has 0 fully saturated rings. The second-order valence-electron chi connectivity index (χ2n) is 3.98. The van der Waals surface area contributed by atoms with Crippen LogP contribution in [0.1, 0.15) is 8.77 Å². The van der Waals surface area contributed by atoms with Crippen molar-refractivity contribution in [3.8, 4) is 0 Å². The molecule has 0 aliphatic carbocycles. The van der Waals surface area contributed by atoms with Crippen LogP contribution in [-0.2, 0) is 0 Å². The van der Waals surface area contributed by atoms with Crippen molar-refractivity contribution in [2.75, 3.05) is 0 Å². The topological polar surface area (TPSA) is 0 Å². The fourth-order valence-corrected chi connectivity index (χ4v) is 7.75. The highest BCUT2D eigenvalue weighted by Gasteiger charge is 2.32. The molecule has 88 valence electrons. The Morgan fingerprint density at radius 2 is 1.50 bits per heavy atom. The Morgan fingerprint density at radius 3 is 2.22 bits per heavy atom. The van der Waals surface area contributed by atoms with Gasteiger partial charge in [-0.2, -0.15) is 0 Å². The van der Waals surface area contributed by atoms with E-state index in [0.717, 1.165) is 0 Å². The summed E-state index contributed by atoms with van der Waals surface area (Å²) in [5.74, 6) is 0. The molecule has 2 heterocycles. The van der Waals surface area contributed by atoms with Crippen LogP contribution in [-0.4, -0.2) is 0 Å². The van der Waals surface area contributed by atoms with E-state index in [1.807, 2.05) is 46.2 Å². The molecule has 0 spiro atoms. The van der Waals surface area contributed by atoms with E-state index in [2.05, 4.69) is 48.5 Å². The van der Waals surface area contributed by atoms with Gasteiger partial charge in [-0.3, -0.25) is 0 Å². The second kappa shape index (κ2) is 4.53. The van der Waals surface area contributed by atoms with Crippen molar-refractivity contribution in [3.63, 3.8) is 0 Å². The van der Waals surface area contributed by atoms with Crippen LogP contribution in [0, 0.1) is 0 Å². The first kappa shape index (κ1) is 11.3. The molecule has 0 atom stereocenters. The molecular formula is C14H9S4+. The third-order valence-corrected chi connectivity index (χ3v) is 8.86. The number of fused-ring (bicyclic) bond motifs is 2. The van der Waals surface area contributed by atoms with Gasteiger partial charge in [0.15, 0.2) is 9.40 Å². The molecule has 0 bridgehead atoms. The quantitative estimate of drug-likeness (QED) is 0.495. The lowest BCUT2D eigenvalue weighted by Gasteiger charge is -1.94. The van der Waals surface area contributed by atoms with Gasteiger partial charge in [-0.15, -0.1) is 0 Å². The summed E-state index contributed by atoms with van der Waals surface area (Å²) in [6.45, 7) is 0. The van der Waals surface area contributed by atoms with Crippen LogP contribution in [0.5, 0.6) is 0 Å².